The summed E-state index contributed by atoms with van der Waals surface area (Å²) >= 11 is 1.57. The van der Waals surface area contributed by atoms with E-state index in [9.17, 15) is 9.59 Å². The zero-order chi connectivity index (χ0) is 20.1. The third kappa shape index (κ3) is 4.86. The molecule has 1 unspecified atom stereocenters. The summed E-state index contributed by atoms with van der Waals surface area (Å²) in [5.74, 6) is 0.0267. The number of amides is 1. The topological polar surface area (TPSA) is 72.6 Å². The second-order valence-electron chi connectivity index (χ2n) is 6.54. The molecule has 0 bridgehead atoms. The molecule has 0 radical (unpaired) electrons. The third-order valence-corrected chi connectivity index (χ3v) is 5.24. The summed E-state index contributed by atoms with van der Waals surface area (Å²) in [5, 5.41) is 0.836. The van der Waals surface area contributed by atoms with Crippen molar-refractivity contribution in [3.8, 4) is 0 Å². The number of aromatic nitrogens is 1. The number of esters is 1. The fourth-order valence-corrected chi connectivity index (χ4v) is 3.71. The van der Waals surface area contributed by atoms with E-state index in [0.29, 0.717) is 12.2 Å². The van der Waals surface area contributed by atoms with Gasteiger partial charge in [0.25, 0.3) is 5.91 Å². The number of hydrogen-bond donors (Lipinski definition) is 0. The standard InChI is InChI=1S/C21H22N2O4S/c1-14(21(25)23(2)3)27-19(24)11-10-15(13-16-7-6-12-26-16)20-22-17-8-4-5-9-18(17)28-20/h4-9,12-14H,10-11H2,1-3H3/b15-13-. The summed E-state index contributed by atoms with van der Waals surface area (Å²) in [6, 6.07) is 11.6. The van der Waals surface area contributed by atoms with Crippen LogP contribution in [0.5, 0.6) is 0 Å². The van der Waals surface area contributed by atoms with Crippen LogP contribution in [-0.4, -0.2) is 42.0 Å². The van der Waals surface area contributed by atoms with Crippen LogP contribution in [0.4, 0.5) is 0 Å². The highest BCUT2D eigenvalue weighted by Gasteiger charge is 2.20. The minimum Gasteiger partial charge on any atom is -0.465 e. The molecule has 0 spiro atoms. The quantitative estimate of drug-likeness (QED) is 0.557. The monoisotopic (exact) mass is 398 g/mol. The van der Waals surface area contributed by atoms with E-state index < -0.39 is 12.1 Å². The van der Waals surface area contributed by atoms with Crippen LogP contribution >= 0.6 is 11.3 Å². The number of allylic oxidation sites excluding steroid dienone is 1. The number of likely N-dealkylation sites (N-methyl/N-ethyl adjacent to an activating group) is 1. The number of hydrogen-bond acceptors (Lipinski definition) is 6. The Morgan fingerprint density at radius 2 is 2.00 bits per heavy atom. The lowest BCUT2D eigenvalue weighted by Gasteiger charge is -2.17. The molecule has 1 amide bonds. The maximum atomic E-state index is 12.2. The lowest BCUT2D eigenvalue weighted by atomic mass is 10.1. The van der Waals surface area contributed by atoms with E-state index >= 15 is 0 Å². The molecule has 1 atom stereocenters. The first kappa shape index (κ1) is 19.8. The van der Waals surface area contributed by atoms with Gasteiger partial charge >= 0.3 is 5.97 Å². The van der Waals surface area contributed by atoms with Crippen molar-refractivity contribution in [2.24, 2.45) is 0 Å². The van der Waals surface area contributed by atoms with Crippen LogP contribution in [-0.2, 0) is 14.3 Å². The molecule has 0 saturated heterocycles. The predicted molar refractivity (Wildman–Crippen MR) is 110 cm³/mol. The molecular formula is C21H22N2O4S. The number of fused-ring (bicyclic) bond motifs is 1. The third-order valence-electron chi connectivity index (χ3n) is 4.12. The SMILES string of the molecule is CC(OC(=O)CC/C(=C/c1ccco1)c1nc2ccccc2s1)C(=O)N(C)C. The van der Waals surface area contributed by atoms with Gasteiger partial charge in [0.1, 0.15) is 10.8 Å². The van der Waals surface area contributed by atoms with Crippen LogP contribution < -0.4 is 0 Å². The van der Waals surface area contributed by atoms with Crippen molar-refractivity contribution in [1.29, 1.82) is 0 Å². The molecule has 6 nitrogen and oxygen atoms in total. The van der Waals surface area contributed by atoms with Crippen molar-refractivity contribution in [2.45, 2.75) is 25.9 Å². The molecule has 3 aromatic rings. The molecule has 0 aliphatic rings. The zero-order valence-corrected chi connectivity index (χ0v) is 16.9. The molecule has 1 aromatic carbocycles. The molecule has 0 N–H and O–H groups in total. The molecule has 146 valence electrons. The van der Waals surface area contributed by atoms with Crippen LogP contribution in [0, 0.1) is 0 Å². The van der Waals surface area contributed by atoms with E-state index in [2.05, 4.69) is 4.98 Å². The summed E-state index contributed by atoms with van der Waals surface area (Å²) in [4.78, 5) is 30.2. The molecule has 2 heterocycles. The number of nitrogens with zero attached hydrogens (tertiary/aromatic N) is 2. The Labute approximate surface area is 167 Å². The fraction of sp³-hybridized carbons (Fsp3) is 0.286. The molecule has 28 heavy (non-hydrogen) atoms. The van der Waals surface area contributed by atoms with Crippen LogP contribution in [0.15, 0.2) is 47.1 Å². The Bertz CT molecular complexity index is 956. The van der Waals surface area contributed by atoms with Crippen LogP contribution in [0.2, 0.25) is 0 Å². The molecule has 0 aliphatic heterocycles. The van der Waals surface area contributed by atoms with E-state index in [1.54, 1.807) is 38.6 Å². The molecule has 7 heteroatoms. The Morgan fingerprint density at radius 1 is 1.21 bits per heavy atom. The normalized spacial score (nSPS) is 12.8. The van der Waals surface area contributed by atoms with E-state index in [1.807, 2.05) is 42.5 Å². The molecule has 0 fully saturated rings. The van der Waals surface area contributed by atoms with Gasteiger partial charge in [-0.25, -0.2) is 4.98 Å². The van der Waals surface area contributed by atoms with E-state index in [0.717, 1.165) is 20.8 Å². The Balaban J connectivity index is 1.75. The lowest BCUT2D eigenvalue weighted by molar-refractivity contribution is -0.157. The Kier molecular flexibility index (Phi) is 6.26. The number of benzene rings is 1. The predicted octanol–water partition coefficient (Wildman–Crippen LogP) is 4.23. The van der Waals surface area contributed by atoms with Crippen molar-refractivity contribution in [2.75, 3.05) is 14.1 Å². The largest absolute Gasteiger partial charge is 0.465 e. The van der Waals surface area contributed by atoms with Gasteiger partial charge in [0.05, 0.1) is 16.5 Å². The van der Waals surface area contributed by atoms with Gasteiger partial charge in [-0.05, 0) is 49.3 Å². The van der Waals surface area contributed by atoms with Gasteiger partial charge in [0.15, 0.2) is 6.10 Å². The summed E-state index contributed by atoms with van der Waals surface area (Å²) in [6.07, 6.45) is 3.27. The summed E-state index contributed by atoms with van der Waals surface area (Å²) in [7, 11) is 3.26. The number of rotatable bonds is 7. The summed E-state index contributed by atoms with van der Waals surface area (Å²) in [5.41, 5.74) is 1.81. The maximum Gasteiger partial charge on any atom is 0.306 e. The molecule has 2 aromatic heterocycles. The second kappa shape index (κ2) is 8.84. The van der Waals surface area contributed by atoms with E-state index in [4.69, 9.17) is 9.15 Å². The van der Waals surface area contributed by atoms with Crippen molar-refractivity contribution in [3.63, 3.8) is 0 Å². The van der Waals surface area contributed by atoms with Crippen molar-refractivity contribution >= 4 is 45.1 Å². The maximum absolute atomic E-state index is 12.2. The van der Waals surface area contributed by atoms with E-state index in [-0.39, 0.29) is 12.3 Å². The Morgan fingerprint density at radius 3 is 2.68 bits per heavy atom. The number of carbonyl (C=O) groups excluding carboxylic acids is 2. The van der Waals surface area contributed by atoms with Crippen molar-refractivity contribution < 1.29 is 18.7 Å². The Hall–Kier alpha value is -2.93. The first-order valence-electron chi connectivity index (χ1n) is 8.94. The highest BCUT2D eigenvalue weighted by molar-refractivity contribution is 7.19. The molecule has 0 aliphatic carbocycles. The second-order valence-corrected chi connectivity index (χ2v) is 7.57. The minimum atomic E-state index is -0.803. The average Bonchev–Trinajstić information content (AvgIpc) is 3.33. The number of furan rings is 1. The van der Waals surface area contributed by atoms with Crippen LogP contribution in [0.1, 0.15) is 30.5 Å². The van der Waals surface area contributed by atoms with Gasteiger partial charge in [-0.2, -0.15) is 0 Å². The number of carbonyl (C=O) groups is 2. The van der Waals surface area contributed by atoms with Gasteiger partial charge in [0.2, 0.25) is 0 Å². The van der Waals surface area contributed by atoms with Crippen molar-refractivity contribution in [3.05, 3.63) is 53.4 Å². The smallest absolute Gasteiger partial charge is 0.306 e. The number of ether oxygens (including phenoxy) is 1. The number of para-hydroxylation sites is 1. The van der Waals surface area contributed by atoms with E-state index in [1.165, 1.54) is 4.90 Å². The zero-order valence-electron chi connectivity index (χ0n) is 16.0. The molecule has 3 rings (SSSR count). The first-order valence-corrected chi connectivity index (χ1v) is 9.76. The lowest BCUT2D eigenvalue weighted by Crippen LogP contribution is -2.34. The van der Waals surface area contributed by atoms with Crippen LogP contribution in [0.25, 0.3) is 21.9 Å². The van der Waals surface area contributed by atoms with Gasteiger partial charge in [-0.15, -0.1) is 11.3 Å². The average molecular weight is 398 g/mol. The van der Waals surface area contributed by atoms with Gasteiger partial charge in [-0.1, -0.05) is 12.1 Å². The minimum absolute atomic E-state index is 0.146. The molecule has 0 saturated carbocycles. The first-order chi connectivity index (χ1) is 13.4. The summed E-state index contributed by atoms with van der Waals surface area (Å²) < 4.78 is 11.8. The number of thiazole rings is 1. The fourth-order valence-electron chi connectivity index (χ4n) is 2.70. The highest BCUT2D eigenvalue weighted by Crippen LogP contribution is 2.31. The highest BCUT2D eigenvalue weighted by atomic mass is 32.1. The van der Waals surface area contributed by atoms with Gasteiger partial charge in [0, 0.05) is 20.5 Å². The van der Waals surface area contributed by atoms with Gasteiger partial charge in [-0.3, -0.25) is 9.59 Å². The van der Waals surface area contributed by atoms with Crippen LogP contribution in [0.3, 0.4) is 0 Å². The van der Waals surface area contributed by atoms with Gasteiger partial charge < -0.3 is 14.1 Å². The molecular weight excluding hydrogens is 376 g/mol. The summed E-state index contributed by atoms with van der Waals surface area (Å²) in [6.45, 7) is 1.58. The van der Waals surface area contributed by atoms with Crippen molar-refractivity contribution in [1.82, 2.24) is 9.88 Å².